The second-order valence-electron chi connectivity index (χ2n) is 6.50. The highest BCUT2D eigenvalue weighted by atomic mass is 16.5. The predicted molar refractivity (Wildman–Crippen MR) is 75.9 cm³/mol. The van der Waals surface area contributed by atoms with Gasteiger partial charge in [0.15, 0.2) is 0 Å². The lowest BCUT2D eigenvalue weighted by atomic mass is 9.64. The predicted octanol–water partition coefficient (Wildman–Crippen LogP) is 2.84. The Morgan fingerprint density at radius 1 is 1.28 bits per heavy atom. The van der Waals surface area contributed by atoms with Gasteiger partial charge in [-0.25, -0.2) is 0 Å². The Morgan fingerprint density at radius 3 is 2.44 bits per heavy atom. The van der Waals surface area contributed by atoms with E-state index in [9.17, 15) is 0 Å². The van der Waals surface area contributed by atoms with Gasteiger partial charge in [-0.1, -0.05) is 27.7 Å². The summed E-state index contributed by atoms with van der Waals surface area (Å²) in [6.45, 7) is 15.7. The zero-order valence-corrected chi connectivity index (χ0v) is 13.0. The van der Waals surface area contributed by atoms with Crippen molar-refractivity contribution in [3.8, 4) is 0 Å². The van der Waals surface area contributed by atoms with Gasteiger partial charge >= 0.3 is 0 Å². The van der Waals surface area contributed by atoms with Crippen LogP contribution in [0, 0.1) is 11.3 Å². The molecule has 1 N–H and O–H groups in total. The molecule has 1 aliphatic carbocycles. The van der Waals surface area contributed by atoms with E-state index in [1.54, 1.807) is 0 Å². The molecule has 3 nitrogen and oxygen atoms in total. The van der Waals surface area contributed by atoms with Crippen LogP contribution in [0.2, 0.25) is 0 Å². The first-order valence-corrected chi connectivity index (χ1v) is 7.34. The number of nitrogens with one attached hydrogen (secondary N) is 1. The summed E-state index contributed by atoms with van der Waals surface area (Å²) < 4.78 is 11.5. The van der Waals surface area contributed by atoms with Crippen LogP contribution in [-0.4, -0.2) is 38.0 Å². The summed E-state index contributed by atoms with van der Waals surface area (Å²) in [7, 11) is 0. The molecule has 3 unspecified atom stereocenters. The van der Waals surface area contributed by atoms with Crippen LogP contribution in [0.25, 0.3) is 0 Å². The fraction of sp³-hybridized carbons (Fsp3) is 1.00. The minimum absolute atomic E-state index is 0.237. The Labute approximate surface area is 113 Å². The van der Waals surface area contributed by atoms with E-state index in [0.717, 1.165) is 26.2 Å². The summed E-state index contributed by atoms with van der Waals surface area (Å²) in [4.78, 5) is 0. The highest BCUT2D eigenvalue weighted by molar-refractivity contribution is 5.02. The van der Waals surface area contributed by atoms with E-state index < -0.39 is 0 Å². The summed E-state index contributed by atoms with van der Waals surface area (Å²) in [6.07, 6.45) is 1.82. The Morgan fingerprint density at radius 2 is 1.94 bits per heavy atom. The molecule has 108 valence electrons. The van der Waals surface area contributed by atoms with Gasteiger partial charge in [0.1, 0.15) is 0 Å². The molecule has 0 spiro atoms. The number of hydrogen-bond acceptors (Lipinski definition) is 3. The zero-order chi connectivity index (χ0) is 13.8. The van der Waals surface area contributed by atoms with E-state index >= 15 is 0 Å². The van der Waals surface area contributed by atoms with Crippen molar-refractivity contribution in [3.05, 3.63) is 0 Å². The summed E-state index contributed by atoms with van der Waals surface area (Å²) in [5.74, 6) is 0.616. The highest BCUT2D eigenvalue weighted by Crippen LogP contribution is 2.42. The van der Waals surface area contributed by atoms with Gasteiger partial charge in [-0.05, 0) is 26.2 Å². The fourth-order valence-corrected chi connectivity index (χ4v) is 2.47. The third-order valence-electron chi connectivity index (χ3n) is 3.91. The van der Waals surface area contributed by atoms with Crippen LogP contribution >= 0.6 is 0 Å². The van der Waals surface area contributed by atoms with Gasteiger partial charge in [0, 0.05) is 31.2 Å². The zero-order valence-electron chi connectivity index (χ0n) is 13.0. The molecule has 0 saturated heterocycles. The minimum Gasteiger partial charge on any atom is -0.377 e. The van der Waals surface area contributed by atoms with Crippen molar-refractivity contribution in [2.45, 2.75) is 66.2 Å². The van der Waals surface area contributed by atoms with Crippen LogP contribution in [0.15, 0.2) is 0 Å². The molecule has 3 atom stereocenters. The monoisotopic (exact) mass is 257 g/mol. The van der Waals surface area contributed by atoms with Crippen LogP contribution in [0.5, 0.6) is 0 Å². The second-order valence-corrected chi connectivity index (χ2v) is 6.50. The normalized spacial score (nSPS) is 28.2. The molecule has 1 rings (SSSR count). The standard InChI is InChI=1S/C15H31NO2/c1-7-17-12(4)9-16-13-8-14(15(13,5)6)18-10-11(2)3/h11-14,16H,7-10H2,1-6H3. The molecular weight excluding hydrogens is 226 g/mol. The van der Waals surface area contributed by atoms with Gasteiger partial charge < -0.3 is 14.8 Å². The molecule has 0 amide bonds. The Balaban J connectivity index is 2.26. The van der Waals surface area contributed by atoms with Crippen molar-refractivity contribution in [2.75, 3.05) is 19.8 Å². The Hall–Kier alpha value is -0.120. The average Bonchev–Trinajstić information content (AvgIpc) is 2.26. The molecule has 1 saturated carbocycles. The lowest BCUT2D eigenvalue weighted by Crippen LogP contribution is -2.61. The lowest BCUT2D eigenvalue weighted by molar-refractivity contribution is -0.125. The van der Waals surface area contributed by atoms with Crippen LogP contribution in [-0.2, 0) is 9.47 Å². The van der Waals surface area contributed by atoms with Crippen molar-refractivity contribution in [1.82, 2.24) is 5.32 Å². The summed E-state index contributed by atoms with van der Waals surface area (Å²) >= 11 is 0. The van der Waals surface area contributed by atoms with Gasteiger partial charge in [0.25, 0.3) is 0 Å². The topological polar surface area (TPSA) is 30.5 Å². The second kappa shape index (κ2) is 6.88. The maximum absolute atomic E-state index is 5.97. The van der Waals surface area contributed by atoms with Gasteiger partial charge in [-0.2, -0.15) is 0 Å². The number of ether oxygens (including phenoxy) is 2. The lowest BCUT2D eigenvalue weighted by Gasteiger charge is -2.52. The first kappa shape index (κ1) is 15.9. The van der Waals surface area contributed by atoms with Crippen LogP contribution < -0.4 is 5.32 Å². The van der Waals surface area contributed by atoms with E-state index in [1.165, 1.54) is 0 Å². The number of hydrogen-bond donors (Lipinski definition) is 1. The van der Waals surface area contributed by atoms with Crippen molar-refractivity contribution >= 4 is 0 Å². The molecular formula is C15H31NO2. The van der Waals surface area contributed by atoms with Crippen molar-refractivity contribution in [2.24, 2.45) is 11.3 Å². The van der Waals surface area contributed by atoms with Crippen LogP contribution in [0.3, 0.4) is 0 Å². The maximum atomic E-state index is 5.97. The first-order valence-electron chi connectivity index (χ1n) is 7.34. The minimum atomic E-state index is 0.237. The maximum Gasteiger partial charge on any atom is 0.0671 e. The van der Waals surface area contributed by atoms with Gasteiger partial charge in [0.05, 0.1) is 12.2 Å². The molecule has 0 aromatic heterocycles. The third-order valence-corrected chi connectivity index (χ3v) is 3.91. The Kier molecular flexibility index (Phi) is 6.09. The molecule has 1 fully saturated rings. The van der Waals surface area contributed by atoms with E-state index in [1.807, 2.05) is 6.92 Å². The van der Waals surface area contributed by atoms with Crippen LogP contribution in [0.4, 0.5) is 0 Å². The highest BCUT2D eigenvalue weighted by Gasteiger charge is 2.48. The average molecular weight is 257 g/mol. The first-order chi connectivity index (χ1) is 8.37. The summed E-state index contributed by atoms with van der Waals surface area (Å²) in [5, 5.41) is 3.61. The molecule has 0 aliphatic heterocycles. The molecule has 0 aromatic carbocycles. The SMILES string of the molecule is CCOC(C)CNC1CC(OCC(C)C)C1(C)C. The molecule has 0 radical (unpaired) electrons. The Bertz CT molecular complexity index is 241. The molecule has 18 heavy (non-hydrogen) atoms. The quantitative estimate of drug-likeness (QED) is 0.725. The fourth-order valence-electron chi connectivity index (χ4n) is 2.47. The van der Waals surface area contributed by atoms with E-state index in [4.69, 9.17) is 9.47 Å². The number of rotatable bonds is 8. The van der Waals surface area contributed by atoms with Gasteiger partial charge in [-0.15, -0.1) is 0 Å². The van der Waals surface area contributed by atoms with E-state index in [2.05, 4.69) is 39.9 Å². The van der Waals surface area contributed by atoms with E-state index in [0.29, 0.717) is 24.2 Å². The van der Waals surface area contributed by atoms with Gasteiger partial charge in [0.2, 0.25) is 0 Å². The smallest absolute Gasteiger partial charge is 0.0671 e. The van der Waals surface area contributed by atoms with Crippen molar-refractivity contribution in [3.63, 3.8) is 0 Å². The molecule has 3 heteroatoms. The van der Waals surface area contributed by atoms with Crippen molar-refractivity contribution < 1.29 is 9.47 Å². The van der Waals surface area contributed by atoms with Gasteiger partial charge in [-0.3, -0.25) is 0 Å². The van der Waals surface area contributed by atoms with Crippen LogP contribution in [0.1, 0.15) is 48.0 Å². The summed E-state index contributed by atoms with van der Waals surface area (Å²) in [5.41, 5.74) is 0.237. The molecule has 0 aromatic rings. The largest absolute Gasteiger partial charge is 0.377 e. The molecule has 1 aliphatic rings. The summed E-state index contributed by atoms with van der Waals surface area (Å²) in [6, 6.07) is 0.553. The molecule has 0 heterocycles. The third kappa shape index (κ3) is 4.22. The van der Waals surface area contributed by atoms with Crippen molar-refractivity contribution in [1.29, 1.82) is 0 Å². The van der Waals surface area contributed by atoms with E-state index in [-0.39, 0.29) is 5.41 Å². The molecule has 0 bridgehead atoms.